The molecule has 1 unspecified atom stereocenters. The summed E-state index contributed by atoms with van der Waals surface area (Å²) in [5, 5.41) is 3.31. The van der Waals surface area contributed by atoms with Gasteiger partial charge in [0.1, 0.15) is 6.17 Å². The first kappa shape index (κ1) is 14.5. The van der Waals surface area contributed by atoms with E-state index in [1.807, 2.05) is 4.90 Å². The molecule has 1 aromatic rings. The molecule has 2 heterocycles. The molecule has 0 aromatic heterocycles. The van der Waals surface area contributed by atoms with E-state index in [9.17, 15) is 4.79 Å². The van der Waals surface area contributed by atoms with Gasteiger partial charge in [-0.15, -0.1) is 0 Å². The molecule has 3 rings (SSSR count). The molecule has 5 nitrogen and oxygen atoms in total. The van der Waals surface area contributed by atoms with Gasteiger partial charge >= 0.3 is 0 Å². The van der Waals surface area contributed by atoms with Gasteiger partial charge in [0.25, 0.3) is 0 Å². The van der Waals surface area contributed by atoms with E-state index in [0.717, 1.165) is 45.0 Å². The van der Waals surface area contributed by atoms with Crippen LogP contribution in [0.4, 0.5) is 0 Å². The molecule has 0 aliphatic carbocycles. The lowest BCUT2D eigenvalue weighted by Gasteiger charge is -2.30. The lowest BCUT2D eigenvalue weighted by molar-refractivity contribution is -0.128. The fourth-order valence-electron chi connectivity index (χ4n) is 2.91. The number of aryl methyl sites for hydroxylation is 1. The van der Waals surface area contributed by atoms with Crippen LogP contribution in [0, 0.1) is 6.92 Å². The zero-order valence-electron chi connectivity index (χ0n) is 12.5. The van der Waals surface area contributed by atoms with E-state index in [4.69, 9.17) is 4.74 Å². The van der Waals surface area contributed by atoms with Crippen LogP contribution in [-0.4, -0.2) is 61.6 Å². The van der Waals surface area contributed by atoms with Gasteiger partial charge in [-0.1, -0.05) is 29.8 Å². The van der Waals surface area contributed by atoms with E-state index in [2.05, 4.69) is 41.4 Å². The Bertz CT molecular complexity index is 483. The summed E-state index contributed by atoms with van der Waals surface area (Å²) < 4.78 is 5.36. The van der Waals surface area contributed by atoms with Gasteiger partial charge < -0.3 is 9.64 Å². The number of carbonyl (C=O) groups excluding carboxylic acids is 1. The van der Waals surface area contributed by atoms with Crippen molar-refractivity contribution in [2.45, 2.75) is 13.1 Å². The number of nitrogens with zero attached hydrogens (tertiary/aromatic N) is 2. The molecule has 1 N–H and O–H groups in total. The molecular weight excluding hydrogens is 266 g/mol. The summed E-state index contributed by atoms with van der Waals surface area (Å²) >= 11 is 0. The third-order valence-electron chi connectivity index (χ3n) is 4.23. The minimum Gasteiger partial charge on any atom is -0.379 e. The summed E-state index contributed by atoms with van der Waals surface area (Å²) in [6.07, 6.45) is 0.0131. The molecule has 1 amide bonds. The fourth-order valence-corrected chi connectivity index (χ4v) is 2.91. The standard InChI is InChI=1S/C16H23N3O2/c1-13-2-4-14(5-3-13)16-17-12-15(20)19(16)7-6-18-8-10-21-11-9-18/h2-5,16-17H,6-12H2,1H3. The number of morpholine rings is 1. The largest absolute Gasteiger partial charge is 0.379 e. The van der Waals surface area contributed by atoms with Crippen molar-refractivity contribution in [2.75, 3.05) is 45.9 Å². The van der Waals surface area contributed by atoms with Crippen LogP contribution in [0.1, 0.15) is 17.3 Å². The van der Waals surface area contributed by atoms with Crippen LogP contribution in [0.2, 0.25) is 0 Å². The van der Waals surface area contributed by atoms with Gasteiger partial charge in [0.15, 0.2) is 0 Å². The van der Waals surface area contributed by atoms with Crippen molar-refractivity contribution in [3.05, 3.63) is 35.4 Å². The summed E-state index contributed by atoms with van der Waals surface area (Å²) in [7, 11) is 0. The van der Waals surface area contributed by atoms with Gasteiger partial charge in [0, 0.05) is 26.2 Å². The SMILES string of the molecule is Cc1ccc(C2NCC(=O)N2CCN2CCOCC2)cc1. The average Bonchev–Trinajstić information content (AvgIpc) is 2.88. The lowest BCUT2D eigenvalue weighted by atomic mass is 10.1. The lowest BCUT2D eigenvalue weighted by Crippen LogP contribution is -2.42. The zero-order valence-corrected chi connectivity index (χ0v) is 12.5. The predicted octanol–water partition coefficient (Wildman–Crippen LogP) is 0.758. The van der Waals surface area contributed by atoms with Gasteiger partial charge in [-0.05, 0) is 12.5 Å². The van der Waals surface area contributed by atoms with Gasteiger partial charge in [0.2, 0.25) is 5.91 Å². The molecule has 2 aliphatic heterocycles. The Hall–Kier alpha value is -1.43. The van der Waals surface area contributed by atoms with E-state index >= 15 is 0 Å². The summed E-state index contributed by atoms with van der Waals surface area (Å²) in [4.78, 5) is 16.4. The van der Waals surface area contributed by atoms with Crippen molar-refractivity contribution in [3.8, 4) is 0 Å². The number of nitrogens with one attached hydrogen (secondary N) is 1. The maximum Gasteiger partial charge on any atom is 0.238 e. The number of hydrogen-bond donors (Lipinski definition) is 1. The molecule has 1 aromatic carbocycles. The molecular formula is C16H23N3O2. The first-order valence-electron chi connectivity index (χ1n) is 7.63. The third-order valence-corrected chi connectivity index (χ3v) is 4.23. The Kier molecular flexibility index (Phi) is 4.53. The second-order valence-corrected chi connectivity index (χ2v) is 5.74. The Morgan fingerprint density at radius 1 is 1.19 bits per heavy atom. The highest BCUT2D eigenvalue weighted by Crippen LogP contribution is 2.22. The normalized spacial score (nSPS) is 23.8. The van der Waals surface area contributed by atoms with Crippen molar-refractivity contribution >= 4 is 5.91 Å². The molecule has 5 heteroatoms. The second kappa shape index (κ2) is 6.56. The monoisotopic (exact) mass is 289 g/mol. The summed E-state index contributed by atoms with van der Waals surface area (Å²) in [5.74, 6) is 0.189. The third kappa shape index (κ3) is 3.43. The Morgan fingerprint density at radius 3 is 2.62 bits per heavy atom. The molecule has 0 radical (unpaired) electrons. The Morgan fingerprint density at radius 2 is 1.90 bits per heavy atom. The highest BCUT2D eigenvalue weighted by Gasteiger charge is 2.31. The highest BCUT2D eigenvalue weighted by molar-refractivity contribution is 5.80. The van der Waals surface area contributed by atoms with Crippen LogP contribution in [0.5, 0.6) is 0 Å². The van der Waals surface area contributed by atoms with Crippen LogP contribution in [0.15, 0.2) is 24.3 Å². The van der Waals surface area contributed by atoms with E-state index in [-0.39, 0.29) is 12.1 Å². The van der Waals surface area contributed by atoms with Gasteiger partial charge in [-0.2, -0.15) is 0 Å². The fraction of sp³-hybridized carbons (Fsp3) is 0.562. The molecule has 21 heavy (non-hydrogen) atoms. The number of benzene rings is 1. The summed E-state index contributed by atoms with van der Waals surface area (Å²) in [6, 6.07) is 8.40. The Labute approximate surface area is 125 Å². The summed E-state index contributed by atoms with van der Waals surface area (Å²) in [5.41, 5.74) is 2.40. The number of ether oxygens (including phenoxy) is 1. The van der Waals surface area contributed by atoms with Crippen LogP contribution >= 0.6 is 0 Å². The van der Waals surface area contributed by atoms with Gasteiger partial charge in [-0.25, -0.2) is 0 Å². The number of carbonyl (C=O) groups is 1. The van der Waals surface area contributed by atoms with E-state index < -0.39 is 0 Å². The molecule has 0 bridgehead atoms. The summed E-state index contributed by atoms with van der Waals surface area (Å²) in [6.45, 7) is 7.72. The van der Waals surface area contributed by atoms with Crippen molar-refractivity contribution in [3.63, 3.8) is 0 Å². The maximum absolute atomic E-state index is 12.1. The molecule has 0 spiro atoms. The van der Waals surface area contributed by atoms with Crippen molar-refractivity contribution in [1.82, 2.24) is 15.1 Å². The van der Waals surface area contributed by atoms with Gasteiger partial charge in [0.05, 0.1) is 19.8 Å². The van der Waals surface area contributed by atoms with E-state index in [1.165, 1.54) is 5.56 Å². The second-order valence-electron chi connectivity index (χ2n) is 5.74. The van der Waals surface area contributed by atoms with E-state index in [0.29, 0.717) is 6.54 Å². The average molecular weight is 289 g/mol. The molecule has 0 saturated carbocycles. The highest BCUT2D eigenvalue weighted by atomic mass is 16.5. The van der Waals surface area contributed by atoms with E-state index in [1.54, 1.807) is 0 Å². The quantitative estimate of drug-likeness (QED) is 0.889. The number of hydrogen-bond acceptors (Lipinski definition) is 4. The molecule has 114 valence electrons. The first-order valence-corrected chi connectivity index (χ1v) is 7.63. The number of amides is 1. The van der Waals surface area contributed by atoms with Crippen LogP contribution < -0.4 is 5.32 Å². The zero-order chi connectivity index (χ0) is 14.7. The molecule has 1 atom stereocenters. The van der Waals surface area contributed by atoms with Gasteiger partial charge in [-0.3, -0.25) is 15.0 Å². The smallest absolute Gasteiger partial charge is 0.238 e. The minimum absolute atomic E-state index is 0.0131. The molecule has 2 saturated heterocycles. The van der Waals surface area contributed by atoms with Crippen LogP contribution in [-0.2, 0) is 9.53 Å². The minimum atomic E-state index is 0.0131. The predicted molar refractivity (Wildman–Crippen MR) is 80.9 cm³/mol. The Balaban J connectivity index is 1.63. The van der Waals surface area contributed by atoms with Crippen molar-refractivity contribution in [1.29, 1.82) is 0 Å². The maximum atomic E-state index is 12.1. The van der Waals surface area contributed by atoms with Crippen molar-refractivity contribution < 1.29 is 9.53 Å². The number of rotatable bonds is 4. The van der Waals surface area contributed by atoms with Crippen LogP contribution in [0.25, 0.3) is 0 Å². The molecule has 2 fully saturated rings. The topological polar surface area (TPSA) is 44.8 Å². The van der Waals surface area contributed by atoms with Crippen LogP contribution in [0.3, 0.4) is 0 Å². The first-order chi connectivity index (χ1) is 10.2. The van der Waals surface area contributed by atoms with Crippen molar-refractivity contribution in [2.24, 2.45) is 0 Å². The molecule has 2 aliphatic rings.